The molecular weight excluding hydrogens is 214 g/mol. The molecule has 0 aromatic rings. The zero-order valence-corrected chi connectivity index (χ0v) is 9.88. The number of hydrogen-bond donors (Lipinski definition) is 2. The van der Waals surface area contributed by atoms with E-state index in [0.29, 0.717) is 12.3 Å². The molecule has 0 bridgehead atoms. The van der Waals surface area contributed by atoms with Gasteiger partial charge in [0.15, 0.2) is 0 Å². The zero-order chi connectivity index (χ0) is 11.3. The monoisotopic (exact) mass is 235 g/mol. The Hall–Kier alpha value is -0.130. The van der Waals surface area contributed by atoms with Crippen LogP contribution >= 0.6 is 0 Å². The van der Waals surface area contributed by atoms with E-state index in [1.807, 2.05) is 0 Å². The number of hydrogen-bond acceptors (Lipinski definition) is 3. The largest absolute Gasteiger partial charge is 0.313 e. The maximum atomic E-state index is 10.8. The average molecular weight is 235 g/mol. The molecule has 0 aromatic carbocycles. The molecule has 1 aliphatic carbocycles. The highest BCUT2D eigenvalue weighted by atomic mass is 32.2. The van der Waals surface area contributed by atoms with Crippen LogP contribution < -0.4 is 5.73 Å². The first-order chi connectivity index (χ1) is 7.00. The second-order valence-electron chi connectivity index (χ2n) is 4.50. The molecule has 0 aliphatic heterocycles. The predicted molar refractivity (Wildman–Crippen MR) is 60.0 cm³/mol. The second-order valence-corrected chi connectivity index (χ2v) is 6.14. The van der Waals surface area contributed by atoms with E-state index >= 15 is 0 Å². The molecular formula is C10H21NO3S. The highest BCUT2D eigenvalue weighted by Gasteiger charge is 2.22. The molecule has 15 heavy (non-hydrogen) atoms. The molecule has 1 unspecified atom stereocenters. The van der Waals surface area contributed by atoms with Crippen LogP contribution in [0.5, 0.6) is 0 Å². The first-order valence-electron chi connectivity index (χ1n) is 5.72. The highest BCUT2D eigenvalue weighted by molar-refractivity contribution is 7.86. The van der Waals surface area contributed by atoms with Gasteiger partial charge in [-0.2, -0.15) is 8.42 Å². The third-order valence-electron chi connectivity index (χ3n) is 3.17. The molecule has 5 heteroatoms. The van der Waals surface area contributed by atoms with Gasteiger partial charge in [0.25, 0.3) is 10.1 Å². The fourth-order valence-corrected chi connectivity index (χ4v) is 2.74. The molecule has 0 radical (unpaired) electrons. The van der Waals surface area contributed by atoms with E-state index in [1.165, 1.54) is 19.3 Å². The summed E-state index contributed by atoms with van der Waals surface area (Å²) in [5.41, 5.74) is 5.43. The van der Waals surface area contributed by atoms with Crippen molar-refractivity contribution < 1.29 is 13.0 Å². The maximum absolute atomic E-state index is 10.8. The van der Waals surface area contributed by atoms with E-state index in [2.05, 4.69) is 0 Å². The van der Waals surface area contributed by atoms with Gasteiger partial charge in [-0.15, -0.1) is 0 Å². The zero-order valence-electron chi connectivity index (χ0n) is 9.06. The van der Waals surface area contributed by atoms with Crippen molar-refractivity contribution in [1.82, 2.24) is 0 Å². The molecule has 0 heterocycles. The Balaban J connectivity index is 2.41. The van der Waals surface area contributed by atoms with E-state index < -0.39 is 15.5 Å². The summed E-state index contributed by atoms with van der Waals surface area (Å²) in [4.78, 5) is 0. The SMILES string of the molecule is NC(CC1CCCCCCC1)S(=O)(=O)O. The molecule has 1 aliphatic rings. The summed E-state index contributed by atoms with van der Waals surface area (Å²) in [5, 5.41) is -1.10. The standard InChI is InChI=1S/C10H21NO3S/c11-10(15(12,13)14)8-9-6-4-2-1-3-5-7-9/h9-10H,1-8,11H2,(H,12,13,14). The Morgan fingerprint density at radius 1 is 1.13 bits per heavy atom. The van der Waals surface area contributed by atoms with Gasteiger partial charge in [-0.3, -0.25) is 4.55 Å². The Morgan fingerprint density at radius 2 is 1.60 bits per heavy atom. The first kappa shape index (κ1) is 12.9. The maximum Gasteiger partial charge on any atom is 0.280 e. The fraction of sp³-hybridized carbons (Fsp3) is 1.00. The third-order valence-corrected chi connectivity index (χ3v) is 4.13. The fourth-order valence-electron chi connectivity index (χ4n) is 2.23. The van der Waals surface area contributed by atoms with Gasteiger partial charge in [-0.1, -0.05) is 44.9 Å². The molecule has 90 valence electrons. The van der Waals surface area contributed by atoms with Gasteiger partial charge in [-0.25, -0.2) is 0 Å². The summed E-state index contributed by atoms with van der Waals surface area (Å²) >= 11 is 0. The van der Waals surface area contributed by atoms with E-state index in [-0.39, 0.29) is 0 Å². The van der Waals surface area contributed by atoms with Crippen molar-refractivity contribution in [2.24, 2.45) is 11.7 Å². The van der Waals surface area contributed by atoms with E-state index in [0.717, 1.165) is 25.7 Å². The van der Waals surface area contributed by atoms with Gasteiger partial charge in [0, 0.05) is 0 Å². The molecule has 3 N–H and O–H groups in total. The Bertz CT molecular complexity index is 268. The van der Waals surface area contributed by atoms with Crippen molar-refractivity contribution in [3.63, 3.8) is 0 Å². The van der Waals surface area contributed by atoms with Crippen molar-refractivity contribution in [1.29, 1.82) is 0 Å². The lowest BCUT2D eigenvalue weighted by Gasteiger charge is -2.21. The van der Waals surface area contributed by atoms with Crippen molar-refractivity contribution in [3.05, 3.63) is 0 Å². The molecule has 0 spiro atoms. The molecule has 4 nitrogen and oxygen atoms in total. The van der Waals surface area contributed by atoms with E-state index in [9.17, 15) is 8.42 Å². The lowest BCUT2D eigenvalue weighted by molar-refractivity contribution is 0.346. The van der Waals surface area contributed by atoms with Gasteiger partial charge >= 0.3 is 0 Å². The second kappa shape index (κ2) is 5.82. The Kier molecular flexibility index (Phi) is 5.02. The summed E-state index contributed by atoms with van der Waals surface area (Å²) in [6.07, 6.45) is 8.56. The van der Waals surface area contributed by atoms with Crippen LogP contribution in [0.2, 0.25) is 0 Å². The van der Waals surface area contributed by atoms with Gasteiger partial charge in [0.1, 0.15) is 5.37 Å². The summed E-state index contributed by atoms with van der Waals surface area (Å²) in [6, 6.07) is 0. The molecule has 1 fully saturated rings. The molecule has 0 saturated heterocycles. The Labute approximate surface area is 92.0 Å². The molecule has 1 atom stereocenters. The van der Waals surface area contributed by atoms with Crippen LogP contribution in [0, 0.1) is 5.92 Å². The summed E-state index contributed by atoms with van der Waals surface area (Å²) < 4.78 is 30.4. The van der Waals surface area contributed by atoms with Gasteiger partial charge < -0.3 is 5.73 Å². The van der Waals surface area contributed by atoms with Crippen LogP contribution in [0.4, 0.5) is 0 Å². The summed E-state index contributed by atoms with van der Waals surface area (Å²) in [7, 11) is -4.05. The van der Waals surface area contributed by atoms with Gasteiger partial charge in [0.05, 0.1) is 0 Å². The molecule has 1 rings (SSSR count). The van der Waals surface area contributed by atoms with Crippen molar-refractivity contribution in [2.45, 2.75) is 56.7 Å². The van der Waals surface area contributed by atoms with Gasteiger partial charge in [0.2, 0.25) is 0 Å². The summed E-state index contributed by atoms with van der Waals surface area (Å²) in [6.45, 7) is 0. The number of rotatable bonds is 3. The topological polar surface area (TPSA) is 80.4 Å². The van der Waals surface area contributed by atoms with Crippen LogP contribution in [0.25, 0.3) is 0 Å². The minimum absolute atomic E-state index is 0.363. The first-order valence-corrected chi connectivity index (χ1v) is 7.22. The Morgan fingerprint density at radius 3 is 2.07 bits per heavy atom. The lowest BCUT2D eigenvalue weighted by Crippen LogP contribution is -2.32. The van der Waals surface area contributed by atoms with Crippen molar-refractivity contribution >= 4 is 10.1 Å². The molecule has 0 amide bonds. The van der Waals surface area contributed by atoms with Crippen LogP contribution in [0.1, 0.15) is 51.4 Å². The van der Waals surface area contributed by atoms with E-state index in [4.69, 9.17) is 10.3 Å². The van der Waals surface area contributed by atoms with Crippen LogP contribution in [-0.2, 0) is 10.1 Å². The van der Waals surface area contributed by atoms with Crippen LogP contribution in [0.3, 0.4) is 0 Å². The lowest BCUT2D eigenvalue weighted by atomic mass is 9.89. The predicted octanol–water partition coefficient (Wildman–Crippen LogP) is 1.91. The third kappa shape index (κ3) is 4.95. The van der Waals surface area contributed by atoms with Crippen molar-refractivity contribution in [3.8, 4) is 0 Å². The molecule has 0 aromatic heterocycles. The summed E-state index contributed by atoms with van der Waals surface area (Å²) in [5.74, 6) is 0.363. The van der Waals surface area contributed by atoms with Gasteiger partial charge in [-0.05, 0) is 12.3 Å². The van der Waals surface area contributed by atoms with Crippen LogP contribution in [-0.4, -0.2) is 18.3 Å². The minimum Gasteiger partial charge on any atom is -0.313 e. The highest BCUT2D eigenvalue weighted by Crippen LogP contribution is 2.26. The normalized spacial score (nSPS) is 23.1. The van der Waals surface area contributed by atoms with Crippen molar-refractivity contribution in [2.75, 3.05) is 0 Å². The average Bonchev–Trinajstić information content (AvgIpc) is 2.07. The van der Waals surface area contributed by atoms with E-state index in [1.54, 1.807) is 0 Å². The quantitative estimate of drug-likeness (QED) is 0.732. The van der Waals surface area contributed by atoms with Crippen LogP contribution in [0.15, 0.2) is 0 Å². The minimum atomic E-state index is -4.05. The number of nitrogens with two attached hydrogens (primary N) is 1. The smallest absolute Gasteiger partial charge is 0.280 e. The molecule has 1 saturated carbocycles.